The van der Waals surface area contributed by atoms with Gasteiger partial charge in [-0.3, -0.25) is 4.55 Å². The van der Waals surface area contributed by atoms with Gasteiger partial charge in [-0.2, -0.15) is 8.42 Å². The monoisotopic (exact) mass is 492 g/mol. The molecule has 3 aromatic rings. The molecule has 3 rings (SSSR count). The molecule has 0 fully saturated rings. The lowest BCUT2D eigenvalue weighted by Crippen LogP contribution is -2.39. The Morgan fingerprint density at radius 1 is 0.759 bits per heavy atom. The van der Waals surface area contributed by atoms with E-state index in [4.69, 9.17) is 46.4 Å². The summed E-state index contributed by atoms with van der Waals surface area (Å²) in [5.74, 6) is -1.00. The number of rotatable bonds is 4. The second kappa shape index (κ2) is 7.87. The molecule has 0 spiro atoms. The predicted molar refractivity (Wildman–Crippen MR) is 114 cm³/mol. The van der Waals surface area contributed by atoms with Crippen molar-refractivity contribution in [3.05, 3.63) is 91.4 Å². The SMILES string of the molecule is O=S(=O)(O)C(c1ccc(Cl)cc1)(c1cccc(O)c1Cl)c1c(O)ccc(Cl)c1Cl. The van der Waals surface area contributed by atoms with E-state index in [1.165, 1.54) is 48.5 Å². The van der Waals surface area contributed by atoms with Crippen LogP contribution in [-0.4, -0.2) is 23.2 Å². The molecular weight excluding hydrogens is 482 g/mol. The maximum absolute atomic E-state index is 13.0. The van der Waals surface area contributed by atoms with Crippen molar-refractivity contribution in [1.82, 2.24) is 0 Å². The van der Waals surface area contributed by atoms with Crippen molar-refractivity contribution < 1.29 is 23.2 Å². The first-order valence-corrected chi connectivity index (χ1v) is 10.9. The summed E-state index contributed by atoms with van der Waals surface area (Å²) in [6.07, 6.45) is 0. The molecule has 0 aromatic heterocycles. The molecule has 10 heteroatoms. The highest BCUT2D eigenvalue weighted by atomic mass is 35.5. The molecule has 1 unspecified atom stereocenters. The quantitative estimate of drug-likeness (QED) is 0.311. The molecular formula is C19H12Cl4O5S. The first kappa shape index (κ1) is 22.0. The van der Waals surface area contributed by atoms with Crippen LogP contribution in [0.5, 0.6) is 11.5 Å². The van der Waals surface area contributed by atoms with E-state index in [9.17, 15) is 23.2 Å². The van der Waals surface area contributed by atoms with Crippen LogP contribution in [0.15, 0.2) is 54.6 Å². The summed E-state index contributed by atoms with van der Waals surface area (Å²) in [5, 5.41) is 20.2. The summed E-state index contributed by atoms with van der Waals surface area (Å²) in [5.41, 5.74) is -0.719. The maximum atomic E-state index is 13.0. The number of benzene rings is 3. The van der Waals surface area contributed by atoms with Gasteiger partial charge in [0, 0.05) is 16.1 Å². The average molecular weight is 494 g/mol. The first-order valence-electron chi connectivity index (χ1n) is 7.90. The zero-order valence-corrected chi connectivity index (χ0v) is 18.1. The summed E-state index contributed by atoms with van der Waals surface area (Å²) in [6, 6.07) is 11.7. The fourth-order valence-corrected chi connectivity index (χ4v) is 5.51. The molecule has 0 radical (unpaired) electrons. The molecule has 29 heavy (non-hydrogen) atoms. The van der Waals surface area contributed by atoms with E-state index < -0.39 is 31.9 Å². The third-order valence-corrected chi connectivity index (χ3v) is 7.31. The topological polar surface area (TPSA) is 94.8 Å². The molecule has 152 valence electrons. The van der Waals surface area contributed by atoms with E-state index in [-0.39, 0.29) is 26.2 Å². The van der Waals surface area contributed by atoms with Crippen LogP contribution < -0.4 is 0 Å². The zero-order chi connectivity index (χ0) is 21.6. The summed E-state index contributed by atoms with van der Waals surface area (Å²) in [6.45, 7) is 0. The highest BCUT2D eigenvalue weighted by molar-refractivity contribution is 7.87. The summed E-state index contributed by atoms with van der Waals surface area (Å²) in [7, 11) is -5.14. The Bertz CT molecular complexity index is 1200. The number of aromatic hydroxyl groups is 2. The van der Waals surface area contributed by atoms with Gasteiger partial charge in [0.2, 0.25) is 0 Å². The van der Waals surface area contributed by atoms with Crippen molar-refractivity contribution >= 4 is 56.5 Å². The van der Waals surface area contributed by atoms with Crippen LogP contribution in [0, 0.1) is 0 Å². The minimum atomic E-state index is -5.14. The van der Waals surface area contributed by atoms with Crippen molar-refractivity contribution in [3.8, 4) is 11.5 Å². The van der Waals surface area contributed by atoms with Gasteiger partial charge in [-0.25, -0.2) is 0 Å². The number of hydrogen-bond acceptors (Lipinski definition) is 4. The van der Waals surface area contributed by atoms with Crippen LogP contribution in [0.2, 0.25) is 20.1 Å². The molecule has 0 aliphatic heterocycles. The Kier molecular flexibility index (Phi) is 5.98. The van der Waals surface area contributed by atoms with Gasteiger partial charge in [0.15, 0.2) is 4.75 Å². The van der Waals surface area contributed by atoms with E-state index in [0.717, 1.165) is 6.07 Å². The van der Waals surface area contributed by atoms with Crippen LogP contribution in [0.4, 0.5) is 0 Å². The molecule has 3 aromatic carbocycles. The Morgan fingerprint density at radius 3 is 1.97 bits per heavy atom. The summed E-state index contributed by atoms with van der Waals surface area (Å²) >= 11 is 24.6. The Hall–Kier alpha value is -1.67. The fourth-order valence-electron chi connectivity index (χ4n) is 3.20. The van der Waals surface area contributed by atoms with E-state index in [1.54, 1.807) is 0 Å². The third-order valence-electron chi connectivity index (χ3n) is 4.42. The van der Waals surface area contributed by atoms with E-state index in [1.807, 2.05) is 0 Å². The van der Waals surface area contributed by atoms with Gasteiger partial charge >= 0.3 is 0 Å². The first-order chi connectivity index (χ1) is 13.5. The van der Waals surface area contributed by atoms with Gasteiger partial charge in [0.1, 0.15) is 11.5 Å². The highest BCUT2D eigenvalue weighted by Gasteiger charge is 2.53. The lowest BCUT2D eigenvalue weighted by atomic mass is 9.83. The summed E-state index contributed by atoms with van der Waals surface area (Å²) in [4.78, 5) is 0. The van der Waals surface area contributed by atoms with Crippen molar-refractivity contribution in [1.29, 1.82) is 0 Å². The Morgan fingerprint density at radius 2 is 1.38 bits per heavy atom. The van der Waals surface area contributed by atoms with Gasteiger partial charge < -0.3 is 10.2 Å². The second-order valence-corrected chi connectivity index (χ2v) is 9.22. The number of hydrogen-bond donors (Lipinski definition) is 3. The van der Waals surface area contributed by atoms with Crippen molar-refractivity contribution in [2.24, 2.45) is 0 Å². The smallest absolute Gasteiger partial charge is 0.283 e. The lowest BCUT2D eigenvalue weighted by molar-refractivity contribution is 0.439. The lowest BCUT2D eigenvalue weighted by Gasteiger charge is -2.34. The largest absolute Gasteiger partial charge is 0.508 e. The summed E-state index contributed by atoms with van der Waals surface area (Å²) < 4.78 is 33.9. The average Bonchev–Trinajstić information content (AvgIpc) is 2.65. The molecule has 0 heterocycles. The number of halogens is 4. The zero-order valence-electron chi connectivity index (χ0n) is 14.3. The molecule has 0 aliphatic carbocycles. The molecule has 1 atom stereocenters. The van der Waals surface area contributed by atoms with Gasteiger partial charge in [-0.15, -0.1) is 0 Å². The molecule has 0 amide bonds. The van der Waals surface area contributed by atoms with Crippen LogP contribution in [0.1, 0.15) is 16.7 Å². The van der Waals surface area contributed by atoms with Gasteiger partial charge in [0.25, 0.3) is 10.1 Å². The molecule has 0 saturated heterocycles. The Balaban J connectivity index is 2.65. The molecule has 0 bridgehead atoms. The van der Waals surface area contributed by atoms with Crippen molar-refractivity contribution in [3.63, 3.8) is 0 Å². The van der Waals surface area contributed by atoms with Crippen molar-refractivity contribution in [2.45, 2.75) is 4.75 Å². The van der Waals surface area contributed by atoms with E-state index >= 15 is 0 Å². The third kappa shape index (κ3) is 3.54. The standard InChI is InChI=1S/C19H12Cl4O5S/c20-11-6-4-10(5-7-11)19(29(26,27)28,12-2-1-3-15(25)17(12)22)16-14(24)9-8-13(21)18(16)23/h1-9,24-25H,(H,26,27,28). The van der Waals surface area contributed by atoms with Crippen LogP contribution in [-0.2, 0) is 14.9 Å². The minimum Gasteiger partial charge on any atom is -0.508 e. The van der Waals surface area contributed by atoms with E-state index in [0.29, 0.717) is 5.02 Å². The molecule has 3 N–H and O–H groups in total. The molecule has 0 aliphatic rings. The van der Waals surface area contributed by atoms with Crippen LogP contribution >= 0.6 is 46.4 Å². The normalized spacial score (nSPS) is 13.8. The molecule has 0 saturated carbocycles. The van der Waals surface area contributed by atoms with Crippen molar-refractivity contribution in [2.75, 3.05) is 0 Å². The predicted octanol–water partition coefficient (Wildman–Crippen LogP) is 5.89. The van der Waals surface area contributed by atoms with Gasteiger partial charge in [0.05, 0.1) is 15.1 Å². The fraction of sp³-hybridized carbons (Fsp3) is 0.0526. The maximum Gasteiger partial charge on any atom is 0.283 e. The van der Waals surface area contributed by atoms with Gasteiger partial charge in [-0.05, 0) is 35.9 Å². The van der Waals surface area contributed by atoms with E-state index in [2.05, 4.69) is 0 Å². The molecule has 5 nitrogen and oxygen atoms in total. The number of phenolic OH excluding ortho intramolecular Hbond substituents is 2. The highest BCUT2D eigenvalue weighted by Crippen LogP contribution is 2.53. The Labute approximate surface area is 186 Å². The van der Waals surface area contributed by atoms with Crippen LogP contribution in [0.3, 0.4) is 0 Å². The van der Waals surface area contributed by atoms with Gasteiger partial charge in [-0.1, -0.05) is 70.7 Å². The minimum absolute atomic E-state index is 0.0450. The second-order valence-electron chi connectivity index (χ2n) is 6.06. The number of phenols is 2. The van der Waals surface area contributed by atoms with Crippen LogP contribution in [0.25, 0.3) is 0 Å².